The van der Waals surface area contributed by atoms with Crippen molar-refractivity contribution in [1.29, 1.82) is 0 Å². The number of carbonyl (C=O) groups is 2. The molecule has 0 aromatic heterocycles. The van der Waals surface area contributed by atoms with Gasteiger partial charge >= 0.3 is 5.97 Å². The molecule has 6 heteroatoms. The van der Waals surface area contributed by atoms with Crippen LogP contribution in [-0.2, 0) is 11.3 Å². The van der Waals surface area contributed by atoms with Crippen LogP contribution in [-0.4, -0.2) is 29.7 Å². The molecule has 0 spiro atoms. The summed E-state index contributed by atoms with van der Waals surface area (Å²) in [5.41, 5.74) is 1.27. The summed E-state index contributed by atoms with van der Waals surface area (Å²) in [4.78, 5) is 23.7. The van der Waals surface area contributed by atoms with Crippen molar-refractivity contribution in [2.24, 2.45) is 0 Å². The fourth-order valence-electron chi connectivity index (χ4n) is 2.37. The first kappa shape index (κ1) is 19.5. The van der Waals surface area contributed by atoms with E-state index in [4.69, 9.17) is 9.47 Å². The van der Waals surface area contributed by atoms with Gasteiger partial charge in [0.25, 0.3) is 5.91 Å². The Morgan fingerprint density at radius 1 is 1.04 bits per heavy atom. The van der Waals surface area contributed by atoms with Crippen LogP contribution in [0.15, 0.2) is 42.5 Å². The lowest BCUT2D eigenvalue weighted by Gasteiger charge is -2.21. The van der Waals surface area contributed by atoms with E-state index >= 15 is 0 Å². The zero-order chi connectivity index (χ0) is 19.3. The second kappa shape index (κ2) is 8.01. The third kappa shape index (κ3) is 5.60. The maximum absolute atomic E-state index is 12.4. The molecule has 0 heterocycles. The van der Waals surface area contributed by atoms with E-state index in [1.165, 1.54) is 19.2 Å². The summed E-state index contributed by atoms with van der Waals surface area (Å²) >= 11 is 0. The maximum Gasteiger partial charge on any atom is 0.335 e. The lowest BCUT2D eigenvalue weighted by atomic mass is 10.1. The highest BCUT2D eigenvalue weighted by atomic mass is 16.5. The zero-order valence-electron chi connectivity index (χ0n) is 15.3. The van der Waals surface area contributed by atoms with Crippen LogP contribution in [0.3, 0.4) is 0 Å². The van der Waals surface area contributed by atoms with E-state index in [0.717, 1.165) is 0 Å². The Labute approximate surface area is 152 Å². The second-order valence-electron chi connectivity index (χ2n) is 6.85. The fraction of sp³-hybridized carbons (Fsp3) is 0.300. The van der Waals surface area contributed by atoms with E-state index < -0.39 is 5.97 Å². The smallest absolute Gasteiger partial charge is 0.335 e. The van der Waals surface area contributed by atoms with Gasteiger partial charge in [0.2, 0.25) is 0 Å². The second-order valence-corrected chi connectivity index (χ2v) is 6.85. The molecule has 1 amide bonds. The molecule has 0 atom stereocenters. The Morgan fingerprint density at radius 2 is 1.69 bits per heavy atom. The summed E-state index contributed by atoms with van der Waals surface area (Å²) in [6.07, 6.45) is 0. The minimum atomic E-state index is -1.07. The first-order chi connectivity index (χ1) is 12.2. The normalized spacial score (nSPS) is 11.1. The number of methoxy groups -OCH3 is 1. The Hall–Kier alpha value is -2.86. The van der Waals surface area contributed by atoms with Gasteiger partial charge in [-0.25, -0.2) is 4.79 Å². The van der Waals surface area contributed by atoms with Gasteiger partial charge in [-0.3, -0.25) is 4.79 Å². The van der Waals surface area contributed by atoms with Crippen LogP contribution in [0.25, 0.3) is 0 Å². The number of aromatic carboxylic acids is 1. The van der Waals surface area contributed by atoms with E-state index in [0.29, 0.717) is 22.6 Å². The number of nitrogens with one attached hydrogen (secondary N) is 1. The van der Waals surface area contributed by atoms with E-state index in [1.807, 2.05) is 20.8 Å². The molecule has 138 valence electrons. The highest BCUT2D eigenvalue weighted by Gasteiger charge is 2.13. The van der Waals surface area contributed by atoms with Gasteiger partial charge in [0.05, 0.1) is 12.2 Å². The number of carboxylic acid groups (broad SMARTS) is 1. The van der Waals surface area contributed by atoms with E-state index in [-0.39, 0.29) is 23.7 Å². The Morgan fingerprint density at radius 3 is 2.23 bits per heavy atom. The lowest BCUT2D eigenvalue weighted by molar-refractivity contribution is 0.0696. The van der Waals surface area contributed by atoms with Gasteiger partial charge in [-0.05, 0) is 68.8 Å². The maximum atomic E-state index is 12.4. The van der Waals surface area contributed by atoms with Crippen molar-refractivity contribution in [2.45, 2.75) is 33.0 Å². The zero-order valence-corrected chi connectivity index (χ0v) is 15.3. The summed E-state index contributed by atoms with van der Waals surface area (Å²) in [7, 11) is 1.52. The molecule has 0 unspecified atom stereocenters. The minimum Gasteiger partial charge on any atom is -0.488 e. The quantitative estimate of drug-likeness (QED) is 0.817. The predicted octanol–water partition coefficient (Wildman–Crippen LogP) is 3.96. The van der Waals surface area contributed by atoms with Crippen LogP contribution in [0.1, 0.15) is 47.1 Å². The highest BCUT2D eigenvalue weighted by Crippen LogP contribution is 2.20. The standard InChI is InChI=1S/C20H23NO5/c1-20(2,3)26-17-7-5-14(6-8-17)18(22)21-16-10-13(12-25-4)9-15(11-16)19(23)24/h5-11H,12H2,1-4H3,(H,21,22)(H,23,24). The Balaban J connectivity index is 2.17. The number of hydrogen-bond acceptors (Lipinski definition) is 4. The SMILES string of the molecule is COCc1cc(NC(=O)c2ccc(OC(C)(C)C)cc2)cc(C(=O)O)c1. The van der Waals surface area contributed by atoms with Crippen molar-refractivity contribution < 1.29 is 24.2 Å². The van der Waals surface area contributed by atoms with Crippen molar-refractivity contribution in [3.8, 4) is 5.75 Å². The summed E-state index contributed by atoms with van der Waals surface area (Å²) < 4.78 is 10.8. The number of anilines is 1. The highest BCUT2D eigenvalue weighted by molar-refractivity contribution is 6.05. The summed E-state index contributed by atoms with van der Waals surface area (Å²) in [6, 6.07) is 11.4. The van der Waals surface area contributed by atoms with Gasteiger partial charge in [-0.2, -0.15) is 0 Å². The van der Waals surface area contributed by atoms with Crippen molar-refractivity contribution >= 4 is 17.6 Å². The van der Waals surface area contributed by atoms with Gasteiger partial charge in [0.1, 0.15) is 11.4 Å². The van der Waals surface area contributed by atoms with E-state index in [9.17, 15) is 14.7 Å². The molecule has 0 fully saturated rings. The minimum absolute atomic E-state index is 0.0868. The van der Waals surface area contributed by atoms with Crippen LogP contribution >= 0.6 is 0 Å². The number of benzene rings is 2. The molecular formula is C20H23NO5. The molecular weight excluding hydrogens is 334 g/mol. The Kier molecular flexibility index (Phi) is 6.00. The first-order valence-electron chi connectivity index (χ1n) is 8.14. The summed E-state index contributed by atoms with van der Waals surface area (Å²) in [5, 5.41) is 11.9. The fourth-order valence-corrected chi connectivity index (χ4v) is 2.37. The largest absolute Gasteiger partial charge is 0.488 e. The molecule has 2 aromatic rings. The van der Waals surface area contributed by atoms with Gasteiger partial charge in [-0.1, -0.05) is 0 Å². The van der Waals surface area contributed by atoms with Crippen molar-refractivity contribution in [2.75, 3.05) is 12.4 Å². The molecule has 0 bridgehead atoms. The number of amides is 1. The van der Waals surface area contributed by atoms with Crippen molar-refractivity contribution in [3.05, 3.63) is 59.2 Å². The molecule has 0 radical (unpaired) electrons. The number of rotatable bonds is 6. The molecule has 0 aliphatic rings. The molecule has 2 aromatic carbocycles. The van der Waals surface area contributed by atoms with Crippen molar-refractivity contribution in [3.63, 3.8) is 0 Å². The number of ether oxygens (including phenoxy) is 2. The lowest BCUT2D eigenvalue weighted by Crippen LogP contribution is -2.23. The number of carbonyl (C=O) groups excluding carboxylic acids is 1. The first-order valence-corrected chi connectivity index (χ1v) is 8.14. The molecule has 0 aliphatic carbocycles. The third-order valence-corrected chi connectivity index (χ3v) is 3.35. The number of hydrogen-bond donors (Lipinski definition) is 2. The molecule has 2 N–H and O–H groups in total. The van der Waals surface area contributed by atoms with Crippen LogP contribution in [0.5, 0.6) is 5.75 Å². The third-order valence-electron chi connectivity index (χ3n) is 3.35. The molecule has 26 heavy (non-hydrogen) atoms. The molecule has 0 aliphatic heterocycles. The van der Waals surface area contributed by atoms with Crippen LogP contribution in [0.4, 0.5) is 5.69 Å². The van der Waals surface area contributed by atoms with Gasteiger partial charge < -0.3 is 19.9 Å². The van der Waals surface area contributed by atoms with Crippen LogP contribution in [0, 0.1) is 0 Å². The average molecular weight is 357 g/mol. The topological polar surface area (TPSA) is 84.9 Å². The summed E-state index contributed by atoms with van der Waals surface area (Å²) in [5.74, 6) is -0.732. The predicted molar refractivity (Wildman–Crippen MR) is 98.9 cm³/mol. The Bertz CT molecular complexity index is 791. The van der Waals surface area contributed by atoms with Gasteiger partial charge in [0, 0.05) is 18.4 Å². The monoisotopic (exact) mass is 357 g/mol. The van der Waals surface area contributed by atoms with E-state index in [2.05, 4.69) is 5.32 Å². The number of carboxylic acids is 1. The molecule has 0 saturated carbocycles. The van der Waals surface area contributed by atoms with E-state index in [1.54, 1.807) is 30.3 Å². The molecule has 0 saturated heterocycles. The van der Waals surface area contributed by atoms with Crippen molar-refractivity contribution in [1.82, 2.24) is 0 Å². The van der Waals surface area contributed by atoms with Gasteiger partial charge in [-0.15, -0.1) is 0 Å². The summed E-state index contributed by atoms with van der Waals surface area (Å²) in [6.45, 7) is 6.09. The molecule has 2 rings (SSSR count). The van der Waals surface area contributed by atoms with Gasteiger partial charge in [0.15, 0.2) is 0 Å². The van der Waals surface area contributed by atoms with Crippen LogP contribution in [0.2, 0.25) is 0 Å². The van der Waals surface area contributed by atoms with Crippen LogP contribution < -0.4 is 10.1 Å². The average Bonchev–Trinajstić information content (AvgIpc) is 2.54. The molecule has 6 nitrogen and oxygen atoms in total.